The first-order valence-corrected chi connectivity index (χ1v) is 9.45. The Morgan fingerprint density at radius 2 is 1.69 bits per heavy atom. The predicted octanol–water partition coefficient (Wildman–Crippen LogP) is 3.82. The van der Waals surface area contributed by atoms with Gasteiger partial charge in [0.2, 0.25) is 5.91 Å². The van der Waals surface area contributed by atoms with Gasteiger partial charge in [-0.2, -0.15) is 0 Å². The predicted molar refractivity (Wildman–Crippen MR) is 111 cm³/mol. The third-order valence-corrected chi connectivity index (χ3v) is 4.83. The highest BCUT2D eigenvalue weighted by atomic mass is 16.4. The third kappa shape index (κ3) is 5.00. The summed E-state index contributed by atoms with van der Waals surface area (Å²) in [5.74, 6) is -3.03. The van der Waals surface area contributed by atoms with E-state index in [4.69, 9.17) is 5.73 Å². The van der Waals surface area contributed by atoms with Crippen LogP contribution in [0.1, 0.15) is 58.0 Å². The van der Waals surface area contributed by atoms with Crippen molar-refractivity contribution in [3.8, 4) is 11.1 Å². The highest BCUT2D eigenvalue weighted by Gasteiger charge is 2.26. The van der Waals surface area contributed by atoms with Crippen molar-refractivity contribution in [2.75, 3.05) is 5.32 Å². The van der Waals surface area contributed by atoms with Crippen LogP contribution in [0, 0.1) is 13.8 Å². The van der Waals surface area contributed by atoms with E-state index in [-0.39, 0.29) is 27.9 Å². The molecule has 1 amide bonds. The van der Waals surface area contributed by atoms with Crippen molar-refractivity contribution < 1.29 is 24.6 Å². The maximum atomic E-state index is 12.4. The van der Waals surface area contributed by atoms with Gasteiger partial charge < -0.3 is 21.3 Å². The number of amides is 1. The smallest absolute Gasteiger partial charge is 0.336 e. The van der Waals surface area contributed by atoms with Crippen LogP contribution in [-0.2, 0) is 4.79 Å². The number of carbonyl (C=O) groups excluding carboxylic acids is 1. The van der Waals surface area contributed by atoms with Gasteiger partial charge >= 0.3 is 11.9 Å². The van der Waals surface area contributed by atoms with Crippen LogP contribution in [-0.4, -0.2) is 34.1 Å². The largest absolute Gasteiger partial charge is 0.478 e. The van der Waals surface area contributed by atoms with Crippen LogP contribution in [0.5, 0.6) is 0 Å². The zero-order chi connectivity index (χ0) is 21.7. The molecule has 7 heteroatoms. The summed E-state index contributed by atoms with van der Waals surface area (Å²) >= 11 is 0. The Bertz CT molecular complexity index is 935. The SMILES string of the molecule is CCCC[C@H](N)C(=O)Nc1cc(C(=O)O)c(-c2ccc(C)cc2)c(C(=O)O)c1C. The van der Waals surface area contributed by atoms with Gasteiger partial charge in [0.25, 0.3) is 0 Å². The summed E-state index contributed by atoms with van der Waals surface area (Å²) in [5, 5.41) is 22.2. The van der Waals surface area contributed by atoms with Gasteiger partial charge in [0.15, 0.2) is 0 Å². The van der Waals surface area contributed by atoms with Crippen molar-refractivity contribution in [3.63, 3.8) is 0 Å². The number of aryl methyl sites for hydroxylation is 1. The first kappa shape index (κ1) is 22.1. The molecule has 29 heavy (non-hydrogen) atoms. The summed E-state index contributed by atoms with van der Waals surface area (Å²) in [4.78, 5) is 36.4. The molecular formula is C22H26N2O5. The highest BCUT2D eigenvalue weighted by molar-refractivity contribution is 6.09. The summed E-state index contributed by atoms with van der Waals surface area (Å²) in [6.07, 6.45) is 2.15. The molecule has 1 atom stereocenters. The van der Waals surface area contributed by atoms with Crippen molar-refractivity contribution in [3.05, 3.63) is 52.6 Å². The van der Waals surface area contributed by atoms with Crippen LogP contribution in [0.2, 0.25) is 0 Å². The zero-order valence-electron chi connectivity index (χ0n) is 16.8. The maximum absolute atomic E-state index is 12.4. The summed E-state index contributed by atoms with van der Waals surface area (Å²) in [6, 6.07) is 7.47. The molecule has 0 heterocycles. The Kier molecular flexibility index (Phi) is 7.12. The molecule has 0 bridgehead atoms. The molecule has 154 valence electrons. The number of benzene rings is 2. The van der Waals surface area contributed by atoms with Crippen LogP contribution < -0.4 is 11.1 Å². The lowest BCUT2D eigenvalue weighted by molar-refractivity contribution is -0.117. The van der Waals surface area contributed by atoms with Gasteiger partial charge in [0.1, 0.15) is 0 Å². The number of nitrogens with two attached hydrogens (primary N) is 1. The Balaban J connectivity index is 2.62. The molecule has 0 saturated carbocycles. The van der Waals surface area contributed by atoms with E-state index in [1.165, 1.54) is 6.07 Å². The van der Waals surface area contributed by atoms with Crippen molar-refractivity contribution in [2.45, 2.75) is 46.1 Å². The monoisotopic (exact) mass is 398 g/mol. The van der Waals surface area contributed by atoms with Gasteiger partial charge in [-0.25, -0.2) is 9.59 Å². The number of aromatic carboxylic acids is 2. The second-order valence-electron chi connectivity index (χ2n) is 7.06. The number of unbranched alkanes of at least 4 members (excludes halogenated alkanes) is 1. The third-order valence-electron chi connectivity index (χ3n) is 4.83. The van der Waals surface area contributed by atoms with Gasteiger partial charge in [0.05, 0.1) is 17.2 Å². The lowest BCUT2D eigenvalue weighted by Crippen LogP contribution is -2.35. The standard InChI is InChI=1S/C22H26N2O5/c1-4-5-6-16(23)20(25)24-17-11-15(21(26)27)19(18(13(17)3)22(28)29)14-9-7-12(2)8-10-14/h7-11,16H,4-6,23H2,1-3H3,(H,24,25)(H,26,27)(H,28,29)/t16-/m0/s1. The molecule has 0 radical (unpaired) electrons. The number of hydrogen-bond donors (Lipinski definition) is 4. The van der Waals surface area contributed by atoms with Crippen molar-refractivity contribution >= 4 is 23.5 Å². The molecule has 0 unspecified atom stereocenters. The summed E-state index contributed by atoms with van der Waals surface area (Å²) < 4.78 is 0. The second-order valence-corrected chi connectivity index (χ2v) is 7.06. The Hall–Kier alpha value is -3.19. The molecule has 0 aliphatic heterocycles. The van der Waals surface area contributed by atoms with Gasteiger partial charge in [-0.3, -0.25) is 4.79 Å². The molecule has 0 aromatic heterocycles. The Morgan fingerprint density at radius 1 is 1.07 bits per heavy atom. The minimum Gasteiger partial charge on any atom is -0.478 e. The van der Waals surface area contributed by atoms with Crippen molar-refractivity contribution in [2.24, 2.45) is 5.73 Å². The fourth-order valence-corrected chi connectivity index (χ4v) is 3.15. The highest BCUT2D eigenvalue weighted by Crippen LogP contribution is 2.35. The number of nitrogens with one attached hydrogen (secondary N) is 1. The van der Waals surface area contributed by atoms with Gasteiger partial charge in [-0.05, 0) is 37.5 Å². The van der Waals surface area contributed by atoms with Crippen molar-refractivity contribution in [1.29, 1.82) is 0 Å². The van der Waals surface area contributed by atoms with Crippen LogP contribution >= 0.6 is 0 Å². The number of carbonyl (C=O) groups is 3. The van der Waals surface area contributed by atoms with E-state index in [2.05, 4.69) is 5.32 Å². The van der Waals surface area contributed by atoms with Gasteiger partial charge in [0, 0.05) is 11.3 Å². The summed E-state index contributed by atoms with van der Waals surface area (Å²) in [7, 11) is 0. The lowest BCUT2D eigenvalue weighted by Gasteiger charge is -2.19. The molecule has 0 saturated heterocycles. The molecule has 0 fully saturated rings. The fourth-order valence-electron chi connectivity index (χ4n) is 3.15. The topological polar surface area (TPSA) is 130 Å². The summed E-state index contributed by atoms with van der Waals surface area (Å²) in [5.41, 5.74) is 7.48. The quantitative estimate of drug-likeness (QED) is 0.535. The van der Waals surface area contributed by atoms with Gasteiger partial charge in [-0.15, -0.1) is 0 Å². The minimum absolute atomic E-state index is 0.107. The molecule has 0 aliphatic carbocycles. The first-order chi connectivity index (χ1) is 13.7. The first-order valence-electron chi connectivity index (χ1n) is 9.45. The number of carboxylic acids is 2. The lowest BCUT2D eigenvalue weighted by atomic mass is 9.89. The molecule has 7 nitrogen and oxygen atoms in total. The zero-order valence-corrected chi connectivity index (χ0v) is 16.8. The number of hydrogen-bond acceptors (Lipinski definition) is 4. The van der Waals surface area contributed by atoms with Gasteiger partial charge in [-0.1, -0.05) is 49.6 Å². The second kappa shape index (κ2) is 9.34. The van der Waals surface area contributed by atoms with Crippen LogP contribution in [0.15, 0.2) is 30.3 Å². The summed E-state index contributed by atoms with van der Waals surface area (Å²) in [6.45, 7) is 5.41. The maximum Gasteiger partial charge on any atom is 0.336 e. The molecule has 2 aromatic rings. The van der Waals surface area contributed by atoms with E-state index in [1.54, 1.807) is 31.2 Å². The average molecular weight is 398 g/mol. The van der Waals surface area contributed by atoms with Crippen LogP contribution in [0.25, 0.3) is 11.1 Å². The molecular weight excluding hydrogens is 372 g/mol. The van der Waals surface area contributed by atoms with E-state index in [9.17, 15) is 24.6 Å². The van der Waals surface area contributed by atoms with E-state index >= 15 is 0 Å². The normalized spacial score (nSPS) is 11.7. The average Bonchev–Trinajstić information content (AvgIpc) is 2.67. The van der Waals surface area contributed by atoms with Crippen LogP contribution in [0.4, 0.5) is 5.69 Å². The number of carboxylic acid groups (broad SMARTS) is 2. The van der Waals surface area contributed by atoms with Crippen LogP contribution in [0.3, 0.4) is 0 Å². The van der Waals surface area contributed by atoms with E-state index in [0.717, 1.165) is 18.4 Å². The number of rotatable bonds is 8. The van der Waals surface area contributed by atoms with E-state index in [0.29, 0.717) is 12.0 Å². The molecule has 0 aliphatic rings. The fraction of sp³-hybridized carbons (Fsp3) is 0.318. The van der Waals surface area contributed by atoms with Crippen molar-refractivity contribution in [1.82, 2.24) is 0 Å². The molecule has 5 N–H and O–H groups in total. The molecule has 0 spiro atoms. The molecule has 2 rings (SSSR count). The van der Waals surface area contributed by atoms with E-state index < -0.39 is 23.9 Å². The number of anilines is 1. The van der Waals surface area contributed by atoms with E-state index in [1.807, 2.05) is 13.8 Å². The minimum atomic E-state index is -1.28. The Morgan fingerprint density at radius 3 is 2.21 bits per heavy atom. The Labute approximate surface area is 169 Å². The molecule has 2 aromatic carbocycles.